The predicted molar refractivity (Wildman–Crippen MR) is 91.0 cm³/mol. The molecule has 2 aromatic rings. The summed E-state index contributed by atoms with van der Waals surface area (Å²) in [5.74, 6) is 0. The largest absolute Gasteiger partial charge is 0.383 e. The van der Waals surface area contributed by atoms with Crippen molar-refractivity contribution in [2.45, 2.75) is 32.9 Å². The lowest BCUT2D eigenvalue weighted by Gasteiger charge is -2.19. The summed E-state index contributed by atoms with van der Waals surface area (Å²) in [5, 5.41) is 8.04. The van der Waals surface area contributed by atoms with E-state index < -0.39 is 0 Å². The minimum absolute atomic E-state index is 0.161. The van der Waals surface area contributed by atoms with Crippen molar-refractivity contribution in [3.63, 3.8) is 0 Å². The molecule has 1 unspecified atom stereocenters. The lowest BCUT2D eigenvalue weighted by atomic mass is 10.1. The molecule has 0 saturated heterocycles. The van der Waals surface area contributed by atoms with Crippen molar-refractivity contribution in [3.8, 4) is 0 Å². The maximum atomic E-state index is 5.18. The molecule has 0 amide bonds. The van der Waals surface area contributed by atoms with E-state index in [4.69, 9.17) is 4.74 Å². The molecule has 0 bridgehead atoms. The predicted octanol–water partition coefficient (Wildman–Crippen LogP) is 3.61. The van der Waals surface area contributed by atoms with E-state index >= 15 is 0 Å². The van der Waals surface area contributed by atoms with Gasteiger partial charge in [-0.15, -0.1) is 11.3 Å². The van der Waals surface area contributed by atoms with Gasteiger partial charge < -0.3 is 10.1 Å². The van der Waals surface area contributed by atoms with Gasteiger partial charge in [-0.1, -0.05) is 13.8 Å². The molecule has 0 aliphatic carbocycles. The van der Waals surface area contributed by atoms with Crippen LogP contribution >= 0.6 is 27.3 Å². The Morgan fingerprint density at radius 1 is 1.43 bits per heavy atom. The Kier molecular flexibility index (Phi) is 6.41. The van der Waals surface area contributed by atoms with Gasteiger partial charge in [0.05, 0.1) is 35.6 Å². The zero-order chi connectivity index (χ0) is 15.2. The molecule has 0 radical (unpaired) electrons. The third-order valence-electron chi connectivity index (χ3n) is 3.34. The Labute approximate surface area is 138 Å². The van der Waals surface area contributed by atoms with Crippen molar-refractivity contribution in [1.29, 1.82) is 0 Å². The van der Waals surface area contributed by atoms with Crippen LogP contribution in [0.3, 0.4) is 0 Å². The third kappa shape index (κ3) is 3.94. The van der Waals surface area contributed by atoms with E-state index in [2.05, 4.69) is 52.3 Å². The summed E-state index contributed by atoms with van der Waals surface area (Å²) in [6.45, 7) is 6.64. The van der Waals surface area contributed by atoms with Gasteiger partial charge in [0.15, 0.2) is 0 Å². The van der Waals surface area contributed by atoms with E-state index in [1.807, 2.05) is 22.2 Å². The fourth-order valence-electron chi connectivity index (χ4n) is 2.29. The third-order valence-corrected chi connectivity index (χ3v) is 5.24. The molecule has 2 aromatic heterocycles. The fraction of sp³-hybridized carbons (Fsp3) is 0.533. The van der Waals surface area contributed by atoms with Crippen LogP contribution in [-0.2, 0) is 17.7 Å². The number of halogens is 1. The highest BCUT2D eigenvalue weighted by atomic mass is 79.9. The second kappa shape index (κ2) is 8.08. The van der Waals surface area contributed by atoms with E-state index in [1.165, 1.54) is 15.4 Å². The van der Waals surface area contributed by atoms with Crippen LogP contribution in [0.5, 0.6) is 0 Å². The second-order valence-corrected chi connectivity index (χ2v) is 6.80. The SMILES string of the molecule is CCNC(c1ccc(CC)s1)c1c(Br)cnn1CCOC. The average molecular weight is 372 g/mol. The van der Waals surface area contributed by atoms with E-state index in [0.29, 0.717) is 6.61 Å². The molecule has 4 nitrogen and oxygen atoms in total. The molecule has 0 aromatic carbocycles. The first-order valence-electron chi connectivity index (χ1n) is 7.23. The van der Waals surface area contributed by atoms with Gasteiger partial charge >= 0.3 is 0 Å². The molecule has 2 heterocycles. The highest BCUT2D eigenvalue weighted by Gasteiger charge is 2.22. The number of hydrogen-bond donors (Lipinski definition) is 1. The number of thiophene rings is 1. The van der Waals surface area contributed by atoms with E-state index in [0.717, 1.165) is 24.0 Å². The number of aryl methyl sites for hydroxylation is 1. The van der Waals surface area contributed by atoms with Crippen LogP contribution in [0.1, 0.15) is 35.3 Å². The van der Waals surface area contributed by atoms with Crippen LogP contribution < -0.4 is 5.32 Å². The molecular formula is C15H22BrN3OS. The smallest absolute Gasteiger partial charge is 0.0853 e. The summed E-state index contributed by atoms with van der Waals surface area (Å²) in [5.41, 5.74) is 1.17. The minimum atomic E-state index is 0.161. The second-order valence-electron chi connectivity index (χ2n) is 4.74. The lowest BCUT2D eigenvalue weighted by molar-refractivity contribution is 0.182. The first-order valence-corrected chi connectivity index (χ1v) is 8.84. The first-order chi connectivity index (χ1) is 10.2. The summed E-state index contributed by atoms with van der Waals surface area (Å²) >= 11 is 5.51. The summed E-state index contributed by atoms with van der Waals surface area (Å²) in [6.07, 6.45) is 2.94. The van der Waals surface area contributed by atoms with E-state index in [1.54, 1.807) is 7.11 Å². The topological polar surface area (TPSA) is 39.1 Å². The average Bonchev–Trinajstić information content (AvgIpc) is 3.10. The van der Waals surface area contributed by atoms with E-state index in [-0.39, 0.29) is 6.04 Å². The van der Waals surface area contributed by atoms with Crippen LogP contribution in [0.4, 0.5) is 0 Å². The molecule has 0 spiro atoms. The van der Waals surface area contributed by atoms with Gasteiger partial charge in [0, 0.05) is 16.9 Å². The number of rotatable bonds is 8. The maximum absolute atomic E-state index is 5.18. The van der Waals surface area contributed by atoms with Gasteiger partial charge in [-0.3, -0.25) is 4.68 Å². The number of ether oxygens (including phenoxy) is 1. The molecule has 0 aliphatic rings. The van der Waals surface area contributed by atoms with Gasteiger partial charge in [0.2, 0.25) is 0 Å². The molecule has 0 aliphatic heterocycles. The van der Waals surface area contributed by atoms with Crippen LogP contribution in [-0.4, -0.2) is 30.0 Å². The van der Waals surface area contributed by atoms with Gasteiger partial charge in [0.25, 0.3) is 0 Å². The van der Waals surface area contributed by atoms with Crippen LogP contribution in [0.25, 0.3) is 0 Å². The Morgan fingerprint density at radius 2 is 2.24 bits per heavy atom. The number of aromatic nitrogens is 2. The van der Waals surface area contributed by atoms with Crippen molar-refractivity contribution in [1.82, 2.24) is 15.1 Å². The Bertz CT molecular complexity index is 567. The standard InChI is InChI=1S/C15H22BrN3OS/c1-4-11-6-7-13(21-11)14(17-5-2)15-12(16)10-18-19(15)8-9-20-3/h6-7,10,14,17H,4-5,8-9H2,1-3H3. The molecule has 116 valence electrons. The maximum Gasteiger partial charge on any atom is 0.0853 e. The monoisotopic (exact) mass is 371 g/mol. The molecule has 1 atom stereocenters. The number of nitrogens with one attached hydrogen (secondary N) is 1. The Balaban J connectivity index is 2.35. The molecule has 21 heavy (non-hydrogen) atoms. The van der Waals surface area contributed by atoms with Crippen molar-refractivity contribution in [2.75, 3.05) is 20.3 Å². The molecule has 6 heteroatoms. The summed E-state index contributed by atoms with van der Waals surface area (Å²) < 4.78 is 8.24. The zero-order valence-electron chi connectivity index (χ0n) is 12.7. The van der Waals surface area contributed by atoms with Gasteiger partial charge in [-0.25, -0.2) is 0 Å². The molecule has 0 saturated carbocycles. The first kappa shape index (κ1) is 16.7. The van der Waals surface area contributed by atoms with Crippen LogP contribution in [0.15, 0.2) is 22.8 Å². The number of hydrogen-bond acceptors (Lipinski definition) is 4. The van der Waals surface area contributed by atoms with E-state index in [9.17, 15) is 0 Å². The molecule has 1 N–H and O–H groups in total. The highest BCUT2D eigenvalue weighted by molar-refractivity contribution is 9.10. The van der Waals surface area contributed by atoms with Crippen molar-refractivity contribution < 1.29 is 4.74 Å². The Morgan fingerprint density at radius 3 is 2.86 bits per heavy atom. The highest BCUT2D eigenvalue weighted by Crippen LogP contribution is 2.32. The van der Waals surface area contributed by atoms with Crippen molar-refractivity contribution >= 4 is 27.3 Å². The lowest BCUT2D eigenvalue weighted by Crippen LogP contribution is -2.25. The molecular weight excluding hydrogens is 350 g/mol. The molecule has 2 rings (SSSR count). The quantitative estimate of drug-likeness (QED) is 0.769. The van der Waals surface area contributed by atoms with Crippen LogP contribution in [0, 0.1) is 0 Å². The van der Waals surface area contributed by atoms with Crippen molar-refractivity contribution in [2.24, 2.45) is 0 Å². The van der Waals surface area contributed by atoms with Crippen LogP contribution in [0.2, 0.25) is 0 Å². The summed E-state index contributed by atoms with van der Waals surface area (Å²) in [7, 11) is 1.72. The number of methoxy groups -OCH3 is 1. The van der Waals surface area contributed by atoms with Gasteiger partial charge in [-0.05, 0) is 41.0 Å². The minimum Gasteiger partial charge on any atom is -0.383 e. The molecule has 0 fully saturated rings. The normalized spacial score (nSPS) is 12.8. The number of nitrogens with zero attached hydrogens (tertiary/aromatic N) is 2. The summed E-state index contributed by atoms with van der Waals surface area (Å²) in [6, 6.07) is 4.60. The Hall–Kier alpha value is -0.690. The zero-order valence-corrected chi connectivity index (χ0v) is 15.1. The van der Waals surface area contributed by atoms with Gasteiger partial charge in [0.1, 0.15) is 0 Å². The summed E-state index contributed by atoms with van der Waals surface area (Å²) in [4.78, 5) is 2.74. The van der Waals surface area contributed by atoms with Crippen molar-refractivity contribution in [3.05, 3.63) is 38.3 Å². The fourth-order valence-corrected chi connectivity index (χ4v) is 3.85. The van der Waals surface area contributed by atoms with Gasteiger partial charge in [-0.2, -0.15) is 5.10 Å².